The molecule has 118 valence electrons. The molecule has 0 bridgehead atoms. The average molecular weight is 301 g/mol. The van der Waals surface area contributed by atoms with E-state index in [9.17, 15) is 0 Å². The monoisotopic (exact) mass is 301 g/mol. The maximum Gasteiger partial charge on any atom is 0.124 e. The summed E-state index contributed by atoms with van der Waals surface area (Å²) in [6.45, 7) is 2.68. The standard InChI is InChI=1S/C17H23N3O2/c1-21-14-6-7-17-15(13-14)16(5-2-12-22-17)18-8-3-10-20-11-4-9-19-20/h4,6-7,9,11,13,16,18H,2-3,5,8,10,12H2,1H3/t16-/m0/s1. The van der Waals surface area contributed by atoms with Gasteiger partial charge < -0.3 is 14.8 Å². The molecule has 5 nitrogen and oxygen atoms in total. The van der Waals surface area contributed by atoms with E-state index < -0.39 is 0 Å². The van der Waals surface area contributed by atoms with Crippen LogP contribution >= 0.6 is 0 Å². The summed E-state index contributed by atoms with van der Waals surface area (Å²) in [7, 11) is 1.70. The summed E-state index contributed by atoms with van der Waals surface area (Å²) in [5.74, 6) is 1.86. The number of rotatable bonds is 6. The Kier molecular flexibility index (Phi) is 4.96. The molecule has 0 amide bonds. The molecular weight excluding hydrogens is 278 g/mol. The molecule has 1 aliphatic heterocycles. The number of ether oxygens (including phenoxy) is 2. The van der Waals surface area contributed by atoms with E-state index in [0.29, 0.717) is 6.04 Å². The van der Waals surface area contributed by atoms with Crippen molar-refractivity contribution in [2.24, 2.45) is 0 Å². The number of nitrogens with one attached hydrogen (secondary N) is 1. The fraction of sp³-hybridized carbons (Fsp3) is 0.471. The van der Waals surface area contributed by atoms with Gasteiger partial charge >= 0.3 is 0 Å². The Morgan fingerprint density at radius 1 is 1.45 bits per heavy atom. The molecule has 0 spiro atoms. The van der Waals surface area contributed by atoms with Gasteiger partial charge in [0.25, 0.3) is 0 Å². The average Bonchev–Trinajstić information content (AvgIpc) is 2.99. The van der Waals surface area contributed by atoms with Gasteiger partial charge in [0.2, 0.25) is 0 Å². The highest BCUT2D eigenvalue weighted by Gasteiger charge is 2.19. The van der Waals surface area contributed by atoms with E-state index in [-0.39, 0.29) is 0 Å². The topological polar surface area (TPSA) is 48.3 Å². The predicted molar refractivity (Wildman–Crippen MR) is 85.3 cm³/mol. The minimum absolute atomic E-state index is 0.324. The first-order valence-corrected chi connectivity index (χ1v) is 7.88. The van der Waals surface area contributed by atoms with E-state index in [1.165, 1.54) is 5.56 Å². The van der Waals surface area contributed by atoms with Crippen LogP contribution in [0.2, 0.25) is 0 Å². The Morgan fingerprint density at radius 3 is 3.23 bits per heavy atom. The molecule has 2 heterocycles. The molecular formula is C17H23N3O2. The summed E-state index contributed by atoms with van der Waals surface area (Å²) in [5.41, 5.74) is 1.20. The molecule has 5 heteroatoms. The third kappa shape index (κ3) is 3.60. The van der Waals surface area contributed by atoms with Gasteiger partial charge in [0.15, 0.2) is 0 Å². The van der Waals surface area contributed by atoms with Crippen molar-refractivity contribution in [3.05, 3.63) is 42.2 Å². The van der Waals surface area contributed by atoms with E-state index in [2.05, 4.69) is 16.5 Å². The third-order valence-corrected chi connectivity index (χ3v) is 4.00. The molecule has 0 aliphatic carbocycles. The lowest BCUT2D eigenvalue weighted by atomic mass is 10.0. The van der Waals surface area contributed by atoms with E-state index in [1.54, 1.807) is 7.11 Å². The number of aromatic nitrogens is 2. The minimum atomic E-state index is 0.324. The highest BCUT2D eigenvalue weighted by atomic mass is 16.5. The Balaban J connectivity index is 1.60. The van der Waals surface area contributed by atoms with Crippen molar-refractivity contribution in [1.82, 2.24) is 15.1 Å². The van der Waals surface area contributed by atoms with Gasteiger partial charge in [0.05, 0.1) is 13.7 Å². The van der Waals surface area contributed by atoms with Crippen LogP contribution in [0.15, 0.2) is 36.7 Å². The van der Waals surface area contributed by atoms with E-state index in [4.69, 9.17) is 9.47 Å². The molecule has 1 aromatic heterocycles. The molecule has 0 radical (unpaired) electrons. The van der Waals surface area contributed by atoms with Crippen molar-refractivity contribution >= 4 is 0 Å². The van der Waals surface area contributed by atoms with Crippen LogP contribution in [0, 0.1) is 0 Å². The molecule has 3 rings (SSSR count). The lowest BCUT2D eigenvalue weighted by molar-refractivity contribution is 0.314. The van der Waals surface area contributed by atoms with Crippen molar-refractivity contribution in [2.75, 3.05) is 20.3 Å². The number of benzene rings is 1. The van der Waals surface area contributed by atoms with Crippen LogP contribution in [0.25, 0.3) is 0 Å². The van der Waals surface area contributed by atoms with Crippen LogP contribution in [-0.4, -0.2) is 30.0 Å². The van der Waals surface area contributed by atoms with Gasteiger partial charge in [-0.2, -0.15) is 5.10 Å². The summed E-state index contributed by atoms with van der Waals surface area (Å²) < 4.78 is 13.1. The van der Waals surface area contributed by atoms with Crippen LogP contribution in [-0.2, 0) is 6.54 Å². The predicted octanol–water partition coefficient (Wildman–Crippen LogP) is 2.79. The van der Waals surface area contributed by atoms with Crippen molar-refractivity contribution in [1.29, 1.82) is 0 Å². The van der Waals surface area contributed by atoms with Gasteiger partial charge in [0, 0.05) is 30.5 Å². The van der Waals surface area contributed by atoms with E-state index in [0.717, 1.165) is 50.5 Å². The van der Waals surface area contributed by atoms with Gasteiger partial charge in [0.1, 0.15) is 11.5 Å². The minimum Gasteiger partial charge on any atom is -0.497 e. The molecule has 1 aromatic carbocycles. The van der Waals surface area contributed by atoms with Crippen LogP contribution in [0.4, 0.5) is 0 Å². The lowest BCUT2D eigenvalue weighted by Gasteiger charge is -2.19. The summed E-state index contributed by atoms with van der Waals surface area (Å²) in [6.07, 6.45) is 7.02. The zero-order valence-electron chi connectivity index (χ0n) is 13.0. The molecule has 0 fully saturated rings. The fourth-order valence-corrected chi connectivity index (χ4v) is 2.84. The number of nitrogens with zero attached hydrogens (tertiary/aromatic N) is 2. The zero-order valence-corrected chi connectivity index (χ0v) is 13.0. The molecule has 0 unspecified atom stereocenters. The second-order valence-electron chi connectivity index (χ2n) is 5.52. The van der Waals surface area contributed by atoms with E-state index in [1.807, 2.05) is 35.3 Å². The molecule has 1 N–H and O–H groups in total. The van der Waals surface area contributed by atoms with E-state index >= 15 is 0 Å². The number of hydrogen-bond acceptors (Lipinski definition) is 4. The highest BCUT2D eigenvalue weighted by molar-refractivity contribution is 5.42. The van der Waals surface area contributed by atoms with Crippen LogP contribution in [0.1, 0.15) is 30.9 Å². The quantitative estimate of drug-likeness (QED) is 0.834. The van der Waals surface area contributed by atoms with Gasteiger partial charge in [-0.05, 0) is 50.1 Å². The number of methoxy groups -OCH3 is 1. The Labute approximate surface area is 131 Å². The van der Waals surface area contributed by atoms with Crippen LogP contribution in [0.5, 0.6) is 11.5 Å². The summed E-state index contributed by atoms with van der Waals surface area (Å²) in [4.78, 5) is 0. The fourth-order valence-electron chi connectivity index (χ4n) is 2.84. The Hall–Kier alpha value is -2.01. The van der Waals surface area contributed by atoms with Crippen molar-refractivity contribution < 1.29 is 9.47 Å². The molecule has 0 saturated carbocycles. The van der Waals surface area contributed by atoms with Gasteiger partial charge in [-0.3, -0.25) is 4.68 Å². The Morgan fingerprint density at radius 2 is 2.41 bits per heavy atom. The number of hydrogen-bond donors (Lipinski definition) is 1. The molecule has 0 saturated heterocycles. The normalized spacial score (nSPS) is 17.4. The largest absolute Gasteiger partial charge is 0.497 e. The number of aryl methyl sites for hydroxylation is 1. The maximum atomic E-state index is 5.83. The first-order chi connectivity index (χ1) is 10.9. The summed E-state index contributed by atoms with van der Waals surface area (Å²) >= 11 is 0. The first kappa shape index (κ1) is 14.9. The van der Waals surface area contributed by atoms with Crippen molar-refractivity contribution in [3.63, 3.8) is 0 Å². The zero-order chi connectivity index (χ0) is 15.2. The van der Waals surface area contributed by atoms with Crippen LogP contribution < -0.4 is 14.8 Å². The molecule has 1 aliphatic rings. The summed E-state index contributed by atoms with van der Waals surface area (Å²) in [6, 6.07) is 8.34. The summed E-state index contributed by atoms with van der Waals surface area (Å²) in [5, 5.41) is 7.88. The second kappa shape index (κ2) is 7.31. The van der Waals surface area contributed by atoms with Crippen molar-refractivity contribution in [3.8, 4) is 11.5 Å². The Bertz CT molecular complexity index is 584. The highest BCUT2D eigenvalue weighted by Crippen LogP contribution is 2.34. The molecule has 22 heavy (non-hydrogen) atoms. The smallest absolute Gasteiger partial charge is 0.124 e. The maximum absolute atomic E-state index is 5.83. The van der Waals surface area contributed by atoms with Crippen LogP contribution in [0.3, 0.4) is 0 Å². The SMILES string of the molecule is COc1ccc2c(c1)[C@@H](NCCCn1cccn1)CCCO2. The first-order valence-electron chi connectivity index (χ1n) is 7.88. The van der Waals surface area contributed by atoms with Gasteiger partial charge in [-0.15, -0.1) is 0 Å². The third-order valence-electron chi connectivity index (χ3n) is 4.00. The van der Waals surface area contributed by atoms with Gasteiger partial charge in [-0.25, -0.2) is 0 Å². The molecule has 2 aromatic rings. The van der Waals surface area contributed by atoms with Crippen molar-refractivity contribution in [2.45, 2.75) is 31.8 Å². The number of fused-ring (bicyclic) bond motifs is 1. The lowest BCUT2D eigenvalue weighted by Crippen LogP contribution is -2.23. The van der Waals surface area contributed by atoms with Gasteiger partial charge in [-0.1, -0.05) is 0 Å². The molecule has 1 atom stereocenters. The second-order valence-corrected chi connectivity index (χ2v) is 5.52.